The third kappa shape index (κ3) is 3.44. The van der Waals surface area contributed by atoms with Crippen LogP contribution in [-0.2, 0) is 14.1 Å². The van der Waals surface area contributed by atoms with Crippen molar-refractivity contribution in [2.75, 3.05) is 18.9 Å². The summed E-state index contributed by atoms with van der Waals surface area (Å²) in [7, 11) is 1.24. The maximum atomic E-state index is 12.0. The number of amides is 3. The fraction of sp³-hybridized carbons (Fsp3) is 0.500. The predicted molar refractivity (Wildman–Crippen MR) is 103 cm³/mol. The number of imide groups is 1. The number of nitrogens with one attached hydrogen (secondary N) is 3. The fourth-order valence-electron chi connectivity index (χ4n) is 3.02. The van der Waals surface area contributed by atoms with Crippen molar-refractivity contribution >= 4 is 36.0 Å². The van der Waals surface area contributed by atoms with Gasteiger partial charge in [0.05, 0.1) is 11.2 Å². The highest BCUT2D eigenvalue weighted by Gasteiger charge is 2.51. The number of amidine groups is 1. The van der Waals surface area contributed by atoms with Gasteiger partial charge in [0.25, 0.3) is 0 Å². The van der Waals surface area contributed by atoms with Crippen LogP contribution in [0.15, 0.2) is 18.2 Å². The molecule has 3 N–H and O–H groups in total. The first kappa shape index (κ1) is 19.4. The molecule has 0 unspecified atom stereocenters. The van der Waals surface area contributed by atoms with Crippen LogP contribution < -0.4 is 16.1 Å². The summed E-state index contributed by atoms with van der Waals surface area (Å²) in [6, 6.07) is 4.88. The van der Waals surface area contributed by atoms with Gasteiger partial charge in [-0.25, -0.2) is 4.79 Å². The van der Waals surface area contributed by atoms with E-state index in [-0.39, 0.29) is 24.7 Å². The van der Waals surface area contributed by atoms with E-state index in [2.05, 4.69) is 10.6 Å². The molecule has 0 aromatic heterocycles. The van der Waals surface area contributed by atoms with Gasteiger partial charge in [-0.2, -0.15) is 0 Å². The summed E-state index contributed by atoms with van der Waals surface area (Å²) in [5, 5.41) is 13.7. The van der Waals surface area contributed by atoms with E-state index in [4.69, 9.17) is 14.7 Å². The summed E-state index contributed by atoms with van der Waals surface area (Å²) < 4.78 is 12.2. The zero-order valence-electron chi connectivity index (χ0n) is 16.3. The van der Waals surface area contributed by atoms with Crippen LogP contribution >= 0.6 is 0 Å². The van der Waals surface area contributed by atoms with E-state index < -0.39 is 24.4 Å². The van der Waals surface area contributed by atoms with E-state index in [1.54, 1.807) is 13.1 Å². The number of urea groups is 1. The van der Waals surface area contributed by atoms with E-state index >= 15 is 0 Å². The van der Waals surface area contributed by atoms with Gasteiger partial charge in [-0.15, -0.1) is 0 Å². The molecule has 2 fully saturated rings. The monoisotopic (exact) mass is 372 g/mol. The summed E-state index contributed by atoms with van der Waals surface area (Å²) >= 11 is 0. The number of nitrogens with zero attached hydrogens (tertiary/aromatic N) is 1. The Balaban J connectivity index is 1.86. The Labute approximate surface area is 159 Å². The van der Waals surface area contributed by atoms with Crippen LogP contribution in [0, 0.1) is 5.41 Å². The summed E-state index contributed by atoms with van der Waals surface area (Å²) in [5.41, 5.74) is 1.18. The molecule has 0 aliphatic carbocycles. The molecule has 3 rings (SSSR count). The van der Waals surface area contributed by atoms with Gasteiger partial charge < -0.3 is 14.6 Å². The molecule has 2 saturated heterocycles. The number of anilines is 1. The fourth-order valence-corrected chi connectivity index (χ4v) is 3.02. The lowest BCUT2D eigenvalue weighted by Crippen LogP contribution is -2.52. The van der Waals surface area contributed by atoms with E-state index in [1.165, 1.54) is 4.90 Å². The topological polar surface area (TPSA) is 104 Å². The molecule has 27 heavy (non-hydrogen) atoms. The minimum atomic E-state index is -0.576. The van der Waals surface area contributed by atoms with Crippen molar-refractivity contribution in [2.45, 2.75) is 45.3 Å². The molecule has 0 bridgehead atoms. The van der Waals surface area contributed by atoms with E-state index in [1.807, 2.05) is 39.8 Å². The third-order valence-electron chi connectivity index (χ3n) is 5.42. The number of carbonyl (C=O) groups is 2. The molecule has 3 amide bonds. The number of hydrogen-bond acceptors (Lipinski definition) is 6. The standard InChI is InChI=1S/C18H25BN4O4/c1-17(2)18(3,4)27-19(26-17)11-6-7-12(13(10-11)21-5)15(20)23-9-8-14(24)22-16(23)25/h6-7,10,20-21H,8-9H2,1-5H3,(H,22,24,25). The van der Waals surface area contributed by atoms with Crippen molar-refractivity contribution in [1.82, 2.24) is 10.2 Å². The molecule has 2 heterocycles. The Morgan fingerprint density at radius 1 is 1.22 bits per heavy atom. The number of rotatable bonds is 3. The Kier molecular flexibility index (Phi) is 4.77. The van der Waals surface area contributed by atoms with Crippen LogP contribution in [0.2, 0.25) is 0 Å². The number of hydrogen-bond donors (Lipinski definition) is 3. The quantitative estimate of drug-likeness (QED) is 0.422. The summed E-state index contributed by atoms with van der Waals surface area (Å²) in [5.74, 6) is -0.293. The first-order chi connectivity index (χ1) is 12.6. The van der Waals surface area contributed by atoms with Crippen LogP contribution in [0.5, 0.6) is 0 Å². The highest BCUT2D eigenvalue weighted by Crippen LogP contribution is 2.36. The normalized spacial score (nSPS) is 21.2. The first-order valence-electron chi connectivity index (χ1n) is 8.93. The Bertz CT molecular complexity index is 793. The molecule has 144 valence electrons. The molecule has 0 radical (unpaired) electrons. The second kappa shape index (κ2) is 6.65. The minimum Gasteiger partial charge on any atom is -0.399 e. The minimum absolute atomic E-state index is 0.0322. The zero-order chi connectivity index (χ0) is 20.0. The van der Waals surface area contributed by atoms with Crippen LogP contribution in [-0.4, -0.2) is 54.6 Å². The van der Waals surface area contributed by atoms with Gasteiger partial charge >= 0.3 is 13.1 Å². The van der Waals surface area contributed by atoms with E-state index in [0.29, 0.717) is 11.3 Å². The van der Waals surface area contributed by atoms with Crippen molar-refractivity contribution in [3.63, 3.8) is 0 Å². The highest BCUT2D eigenvalue weighted by molar-refractivity contribution is 6.62. The SMILES string of the molecule is CNc1cc(B2OC(C)(C)C(C)(C)O2)ccc1C(=N)N1CCC(=O)NC1=O. The van der Waals surface area contributed by atoms with Gasteiger partial charge in [0.15, 0.2) is 0 Å². The lowest BCUT2D eigenvalue weighted by Gasteiger charge is -2.32. The maximum absolute atomic E-state index is 12.0. The predicted octanol–water partition coefficient (Wildman–Crippen LogP) is 1.29. The van der Waals surface area contributed by atoms with Crippen molar-refractivity contribution in [1.29, 1.82) is 5.41 Å². The maximum Gasteiger partial charge on any atom is 0.494 e. The summed E-state index contributed by atoms with van der Waals surface area (Å²) in [6.07, 6.45) is 0.176. The highest BCUT2D eigenvalue weighted by atomic mass is 16.7. The number of carbonyl (C=O) groups excluding carboxylic acids is 2. The van der Waals surface area contributed by atoms with Gasteiger partial charge in [0, 0.05) is 31.3 Å². The average molecular weight is 372 g/mol. The third-order valence-corrected chi connectivity index (χ3v) is 5.42. The summed E-state index contributed by atoms with van der Waals surface area (Å²) in [4.78, 5) is 24.6. The molecular weight excluding hydrogens is 347 g/mol. The van der Waals surface area contributed by atoms with Crippen molar-refractivity contribution in [2.24, 2.45) is 0 Å². The molecule has 8 nitrogen and oxygen atoms in total. The molecule has 2 aliphatic rings. The Morgan fingerprint density at radius 2 is 1.85 bits per heavy atom. The number of benzene rings is 1. The van der Waals surface area contributed by atoms with Gasteiger partial charge in [-0.3, -0.25) is 20.4 Å². The summed E-state index contributed by atoms with van der Waals surface area (Å²) in [6.45, 7) is 8.16. The van der Waals surface area contributed by atoms with Crippen LogP contribution in [0.25, 0.3) is 0 Å². The lowest BCUT2D eigenvalue weighted by molar-refractivity contribution is -0.121. The average Bonchev–Trinajstić information content (AvgIpc) is 2.81. The second-order valence-corrected chi connectivity index (χ2v) is 7.75. The Hall–Kier alpha value is -2.39. The molecule has 0 spiro atoms. The lowest BCUT2D eigenvalue weighted by atomic mass is 9.78. The molecule has 1 aromatic rings. The first-order valence-corrected chi connectivity index (χ1v) is 8.93. The van der Waals surface area contributed by atoms with Crippen LogP contribution in [0.1, 0.15) is 39.7 Å². The van der Waals surface area contributed by atoms with Crippen LogP contribution in [0.3, 0.4) is 0 Å². The van der Waals surface area contributed by atoms with Gasteiger partial charge in [0.1, 0.15) is 5.84 Å². The van der Waals surface area contributed by atoms with E-state index in [9.17, 15) is 9.59 Å². The van der Waals surface area contributed by atoms with Gasteiger partial charge in [-0.1, -0.05) is 6.07 Å². The smallest absolute Gasteiger partial charge is 0.399 e. The molecule has 9 heteroatoms. The van der Waals surface area contributed by atoms with Crippen molar-refractivity contribution in [3.8, 4) is 0 Å². The second-order valence-electron chi connectivity index (χ2n) is 7.75. The van der Waals surface area contributed by atoms with Gasteiger partial charge in [0.2, 0.25) is 5.91 Å². The molecule has 0 atom stereocenters. The largest absolute Gasteiger partial charge is 0.494 e. The van der Waals surface area contributed by atoms with Crippen molar-refractivity contribution < 1.29 is 18.9 Å². The molecular formula is C18H25BN4O4. The van der Waals surface area contributed by atoms with Crippen molar-refractivity contribution in [3.05, 3.63) is 23.8 Å². The Morgan fingerprint density at radius 3 is 2.41 bits per heavy atom. The zero-order valence-corrected chi connectivity index (χ0v) is 16.3. The van der Waals surface area contributed by atoms with Gasteiger partial charge in [-0.05, 0) is 45.3 Å². The van der Waals surface area contributed by atoms with Crippen LogP contribution in [0.4, 0.5) is 10.5 Å². The molecule has 1 aromatic carbocycles. The van der Waals surface area contributed by atoms with E-state index in [0.717, 1.165) is 5.46 Å². The molecule has 2 aliphatic heterocycles. The molecule has 0 saturated carbocycles.